The summed E-state index contributed by atoms with van der Waals surface area (Å²) in [5.41, 5.74) is 13.8. The topological polar surface area (TPSA) is 99.1 Å². The predicted molar refractivity (Wildman–Crippen MR) is 133 cm³/mol. The van der Waals surface area contributed by atoms with Crippen molar-refractivity contribution >= 4 is 11.8 Å². The average molecular weight is 514 g/mol. The van der Waals surface area contributed by atoms with Gasteiger partial charge in [-0.05, 0) is 56.2 Å². The van der Waals surface area contributed by atoms with Crippen molar-refractivity contribution in [2.75, 3.05) is 11.1 Å². The zero-order chi connectivity index (χ0) is 26.4. The summed E-state index contributed by atoms with van der Waals surface area (Å²) in [6.07, 6.45) is -0.577. The SMILES string of the molecule is Nc1nc(NCc2ccccc2OC(F)(F)F)nc(C[C@H]2CC[C@H](N)CC2)c1C#Cc1ccccc1F. The van der Waals surface area contributed by atoms with Gasteiger partial charge in [-0.2, -0.15) is 4.98 Å². The van der Waals surface area contributed by atoms with Gasteiger partial charge in [-0.1, -0.05) is 42.2 Å². The lowest BCUT2D eigenvalue weighted by Gasteiger charge is -2.26. The highest BCUT2D eigenvalue weighted by atomic mass is 19.4. The van der Waals surface area contributed by atoms with Crippen LogP contribution in [0.4, 0.5) is 29.3 Å². The van der Waals surface area contributed by atoms with E-state index in [4.69, 9.17) is 11.5 Å². The second kappa shape index (κ2) is 11.5. The van der Waals surface area contributed by atoms with E-state index in [9.17, 15) is 17.6 Å². The van der Waals surface area contributed by atoms with Gasteiger partial charge in [-0.15, -0.1) is 13.2 Å². The number of halogens is 4. The third-order valence-electron chi connectivity index (χ3n) is 6.22. The third kappa shape index (κ3) is 7.33. The summed E-state index contributed by atoms with van der Waals surface area (Å²) in [7, 11) is 0. The van der Waals surface area contributed by atoms with E-state index in [2.05, 4.69) is 31.9 Å². The lowest BCUT2D eigenvalue weighted by molar-refractivity contribution is -0.274. The van der Waals surface area contributed by atoms with Gasteiger partial charge in [0.15, 0.2) is 0 Å². The van der Waals surface area contributed by atoms with Crippen molar-refractivity contribution < 1.29 is 22.3 Å². The molecule has 5 N–H and O–H groups in total. The molecular formula is C27H27F4N5O. The van der Waals surface area contributed by atoms with Crippen LogP contribution in [0.3, 0.4) is 0 Å². The number of nitrogen functional groups attached to an aromatic ring is 1. The highest BCUT2D eigenvalue weighted by Gasteiger charge is 2.32. The number of alkyl halides is 3. The van der Waals surface area contributed by atoms with Crippen molar-refractivity contribution in [2.24, 2.45) is 11.7 Å². The van der Waals surface area contributed by atoms with E-state index in [-0.39, 0.29) is 41.2 Å². The second-order valence-corrected chi connectivity index (χ2v) is 8.98. The van der Waals surface area contributed by atoms with E-state index in [0.717, 1.165) is 25.7 Å². The monoisotopic (exact) mass is 513 g/mol. The van der Waals surface area contributed by atoms with Crippen LogP contribution in [0.1, 0.15) is 48.1 Å². The number of para-hydroxylation sites is 1. The van der Waals surface area contributed by atoms with E-state index in [1.165, 1.54) is 24.3 Å². The lowest BCUT2D eigenvalue weighted by atomic mass is 9.83. The minimum Gasteiger partial charge on any atom is -0.405 e. The molecule has 10 heteroatoms. The van der Waals surface area contributed by atoms with Gasteiger partial charge in [0.25, 0.3) is 0 Å². The molecule has 0 saturated heterocycles. The fourth-order valence-electron chi connectivity index (χ4n) is 4.30. The number of hydrogen-bond donors (Lipinski definition) is 3. The van der Waals surface area contributed by atoms with Gasteiger partial charge in [-0.25, -0.2) is 9.37 Å². The number of benzene rings is 2. The average Bonchev–Trinajstić information content (AvgIpc) is 2.84. The number of hydrogen-bond acceptors (Lipinski definition) is 6. The number of nitrogens with two attached hydrogens (primary N) is 2. The summed E-state index contributed by atoms with van der Waals surface area (Å²) < 4.78 is 56.5. The van der Waals surface area contributed by atoms with Crippen LogP contribution in [0.5, 0.6) is 5.75 Å². The molecule has 1 saturated carbocycles. The molecule has 1 aliphatic rings. The maximum absolute atomic E-state index is 14.1. The van der Waals surface area contributed by atoms with E-state index >= 15 is 0 Å². The molecule has 0 unspecified atom stereocenters. The Balaban J connectivity index is 1.61. The van der Waals surface area contributed by atoms with Crippen molar-refractivity contribution in [1.82, 2.24) is 9.97 Å². The van der Waals surface area contributed by atoms with Crippen LogP contribution in [-0.4, -0.2) is 22.4 Å². The molecule has 3 aromatic rings. The smallest absolute Gasteiger partial charge is 0.405 e. The third-order valence-corrected chi connectivity index (χ3v) is 6.22. The Kier molecular flexibility index (Phi) is 8.14. The van der Waals surface area contributed by atoms with Crippen molar-refractivity contribution in [3.63, 3.8) is 0 Å². The Morgan fingerprint density at radius 1 is 0.973 bits per heavy atom. The van der Waals surface area contributed by atoms with Crippen molar-refractivity contribution in [3.05, 3.63) is 76.7 Å². The first-order valence-corrected chi connectivity index (χ1v) is 11.9. The molecule has 1 heterocycles. The number of aromatic nitrogens is 2. The molecule has 6 nitrogen and oxygen atoms in total. The quantitative estimate of drug-likeness (QED) is 0.311. The zero-order valence-corrected chi connectivity index (χ0v) is 20.0. The molecule has 0 bridgehead atoms. The van der Waals surface area contributed by atoms with Gasteiger partial charge < -0.3 is 21.5 Å². The van der Waals surface area contributed by atoms with Gasteiger partial charge in [0.1, 0.15) is 17.4 Å². The molecular weight excluding hydrogens is 486 g/mol. The van der Waals surface area contributed by atoms with Crippen LogP contribution in [-0.2, 0) is 13.0 Å². The fraction of sp³-hybridized carbons (Fsp3) is 0.333. The predicted octanol–water partition coefficient (Wildman–Crippen LogP) is 5.17. The summed E-state index contributed by atoms with van der Waals surface area (Å²) in [4.78, 5) is 8.88. The summed E-state index contributed by atoms with van der Waals surface area (Å²) in [5, 5.41) is 2.95. The second-order valence-electron chi connectivity index (χ2n) is 8.98. The van der Waals surface area contributed by atoms with Crippen LogP contribution < -0.4 is 21.5 Å². The highest BCUT2D eigenvalue weighted by molar-refractivity contribution is 5.58. The van der Waals surface area contributed by atoms with Crippen molar-refractivity contribution in [1.29, 1.82) is 0 Å². The van der Waals surface area contributed by atoms with Crippen LogP contribution in [0.2, 0.25) is 0 Å². The first-order chi connectivity index (χ1) is 17.7. The number of anilines is 2. The van der Waals surface area contributed by atoms with Crippen molar-refractivity contribution in [3.8, 4) is 17.6 Å². The van der Waals surface area contributed by atoms with E-state index in [0.29, 0.717) is 23.6 Å². The molecule has 37 heavy (non-hydrogen) atoms. The Morgan fingerprint density at radius 3 is 2.41 bits per heavy atom. The minimum atomic E-state index is -4.81. The first kappa shape index (κ1) is 26.2. The number of nitrogens with zero attached hydrogens (tertiary/aromatic N) is 2. The molecule has 1 fully saturated rings. The largest absolute Gasteiger partial charge is 0.573 e. The molecule has 0 atom stereocenters. The molecule has 0 radical (unpaired) electrons. The summed E-state index contributed by atoms with van der Waals surface area (Å²) in [6.45, 7) is -0.0241. The molecule has 0 amide bonds. The normalized spacial score (nSPS) is 17.5. The Hall–Kier alpha value is -3.84. The van der Waals surface area contributed by atoms with Crippen LogP contribution in [0.25, 0.3) is 0 Å². The van der Waals surface area contributed by atoms with Gasteiger partial charge in [-0.3, -0.25) is 0 Å². The number of nitrogens with one attached hydrogen (secondary N) is 1. The van der Waals surface area contributed by atoms with Gasteiger partial charge in [0.05, 0.1) is 16.8 Å². The molecule has 0 spiro atoms. The molecule has 2 aromatic carbocycles. The summed E-state index contributed by atoms with van der Waals surface area (Å²) in [6, 6.07) is 12.1. The first-order valence-electron chi connectivity index (χ1n) is 11.9. The Bertz CT molecular complexity index is 1290. The van der Waals surface area contributed by atoms with E-state index in [1.807, 2.05) is 0 Å². The summed E-state index contributed by atoms with van der Waals surface area (Å²) in [5.74, 6) is 5.55. The maximum atomic E-state index is 14.1. The lowest BCUT2D eigenvalue weighted by Crippen LogP contribution is -2.27. The highest BCUT2D eigenvalue weighted by Crippen LogP contribution is 2.29. The fourth-order valence-corrected chi connectivity index (χ4v) is 4.30. The van der Waals surface area contributed by atoms with Crippen LogP contribution >= 0.6 is 0 Å². The van der Waals surface area contributed by atoms with Gasteiger partial charge in [0.2, 0.25) is 5.95 Å². The van der Waals surface area contributed by atoms with Gasteiger partial charge >= 0.3 is 6.36 Å². The number of ether oxygens (including phenoxy) is 1. The standard InChI is InChI=1S/C27H27F4N5O/c28-22-7-3-1-5-18(22)11-14-21-23(15-17-9-12-20(32)13-10-17)35-26(36-25(21)33)34-16-19-6-2-4-8-24(19)37-27(29,30)31/h1-8,17,20H,9-10,12-13,15-16,32H2,(H3,33,34,35,36)/t17-,20-. The molecule has 0 aliphatic heterocycles. The van der Waals surface area contributed by atoms with E-state index in [1.54, 1.807) is 24.3 Å². The summed E-state index contributed by atoms with van der Waals surface area (Å²) >= 11 is 0. The van der Waals surface area contributed by atoms with Crippen LogP contribution in [0.15, 0.2) is 48.5 Å². The molecule has 194 valence electrons. The number of rotatable bonds is 6. The maximum Gasteiger partial charge on any atom is 0.573 e. The van der Waals surface area contributed by atoms with E-state index < -0.39 is 12.2 Å². The molecule has 1 aliphatic carbocycles. The van der Waals surface area contributed by atoms with Crippen molar-refractivity contribution in [2.45, 2.75) is 51.1 Å². The Labute approximate surface area is 212 Å². The molecule has 4 rings (SSSR count). The minimum absolute atomic E-state index is 0.0241. The Morgan fingerprint density at radius 2 is 1.68 bits per heavy atom. The van der Waals surface area contributed by atoms with Gasteiger partial charge in [0, 0.05) is 18.2 Å². The molecule has 1 aromatic heterocycles. The van der Waals surface area contributed by atoms with Crippen LogP contribution in [0, 0.1) is 23.6 Å². The zero-order valence-electron chi connectivity index (χ0n) is 20.0.